The van der Waals surface area contributed by atoms with Crippen LogP contribution in [0.2, 0.25) is 0 Å². The number of alkyl halides is 9. The second kappa shape index (κ2) is 11.2. The Morgan fingerprint density at radius 2 is 1.49 bits per heavy atom. The summed E-state index contributed by atoms with van der Waals surface area (Å²) in [6.07, 6.45) is -10.9. The number of anilines is 2. The summed E-state index contributed by atoms with van der Waals surface area (Å²) < 4.78 is 124. The highest BCUT2D eigenvalue weighted by Crippen LogP contribution is 2.45. The molecule has 6 nitrogen and oxygen atoms in total. The molecule has 2 aromatic carbocycles. The molecule has 15 heteroatoms. The van der Waals surface area contributed by atoms with E-state index in [1.807, 2.05) is 4.90 Å². The van der Waals surface area contributed by atoms with E-state index in [1.165, 1.54) is 24.9 Å². The number of halogens is 9. The van der Waals surface area contributed by atoms with Gasteiger partial charge in [0.2, 0.25) is 0 Å². The first kappa shape index (κ1) is 30.9. The third-order valence-electron chi connectivity index (χ3n) is 8.12. The lowest BCUT2D eigenvalue weighted by atomic mass is 9.85. The molecule has 0 bridgehead atoms. The molecule has 1 atom stereocenters. The maximum atomic E-state index is 14.0. The molecule has 2 heterocycles. The predicted octanol–water partition coefficient (Wildman–Crippen LogP) is 7.72. The van der Waals surface area contributed by atoms with Gasteiger partial charge in [0.15, 0.2) is 0 Å². The molecule has 1 aliphatic carbocycles. The fourth-order valence-electron chi connectivity index (χ4n) is 5.83. The molecule has 0 amide bonds. The Morgan fingerprint density at radius 3 is 2.00 bits per heavy atom. The van der Waals surface area contributed by atoms with E-state index in [-0.39, 0.29) is 23.1 Å². The molecule has 1 saturated carbocycles. The minimum absolute atomic E-state index is 0.0489. The second-order valence-electron chi connectivity index (χ2n) is 11.2. The number of aryl methyl sites for hydroxylation is 2. The number of hydrogen-bond acceptors (Lipinski definition) is 5. The summed E-state index contributed by atoms with van der Waals surface area (Å²) in [5.41, 5.74) is -3.30. The third kappa shape index (κ3) is 6.69. The lowest BCUT2D eigenvalue weighted by molar-refractivity contribution is -0.143. The Balaban J connectivity index is 1.65. The van der Waals surface area contributed by atoms with Crippen LogP contribution >= 0.6 is 0 Å². The van der Waals surface area contributed by atoms with Crippen molar-refractivity contribution in [2.24, 2.45) is 13.0 Å². The Bertz CT molecular complexity index is 1420. The van der Waals surface area contributed by atoms with Crippen LogP contribution in [0, 0.1) is 12.8 Å². The van der Waals surface area contributed by atoms with Crippen LogP contribution in [-0.4, -0.2) is 33.3 Å². The Hall–Kier alpha value is -3.52. The van der Waals surface area contributed by atoms with Gasteiger partial charge in [0, 0.05) is 25.3 Å². The highest BCUT2D eigenvalue weighted by atomic mass is 19.4. The number of fused-ring (bicyclic) bond motifs is 1. The smallest absolute Gasteiger partial charge is 0.371 e. The summed E-state index contributed by atoms with van der Waals surface area (Å²) in [5.74, 6) is 0.248. The van der Waals surface area contributed by atoms with Gasteiger partial charge < -0.3 is 9.80 Å². The summed E-state index contributed by atoms with van der Waals surface area (Å²) >= 11 is 0. The van der Waals surface area contributed by atoms with Crippen molar-refractivity contribution in [3.63, 3.8) is 0 Å². The monoisotopic (exact) mass is 620 g/mol. The fourth-order valence-corrected chi connectivity index (χ4v) is 5.83. The maximum absolute atomic E-state index is 14.0. The van der Waals surface area contributed by atoms with Crippen LogP contribution in [0.4, 0.5) is 51.1 Å². The van der Waals surface area contributed by atoms with E-state index in [1.54, 1.807) is 0 Å². The van der Waals surface area contributed by atoms with E-state index in [0.717, 1.165) is 30.1 Å². The summed E-state index contributed by atoms with van der Waals surface area (Å²) in [6, 6.07) is 3.08. The molecular formula is C28H29F9N6. The Labute approximate surface area is 241 Å². The molecule has 0 radical (unpaired) electrons. The molecule has 1 fully saturated rings. The standard InChI is InChI=1S/C28H29F9N6/c1-16-9-21-23(7-4-8-42(14-17-5-3-6-17)24(21)13-22(16)28(35,36)37)43(25-38-40-41(2)39-25)15-18-10-19(26(29,30)31)12-20(11-18)27(32,33)34/h9-13,17,23H,3-8,14-15H2,1-2H3/t23-/m0/s1. The first-order valence-electron chi connectivity index (χ1n) is 13.8. The highest BCUT2D eigenvalue weighted by molar-refractivity contribution is 5.62. The zero-order valence-corrected chi connectivity index (χ0v) is 23.3. The van der Waals surface area contributed by atoms with E-state index >= 15 is 0 Å². The summed E-state index contributed by atoms with van der Waals surface area (Å²) in [7, 11) is 1.45. The molecule has 0 N–H and O–H groups in total. The first-order chi connectivity index (χ1) is 20.0. The van der Waals surface area contributed by atoms with Gasteiger partial charge >= 0.3 is 18.5 Å². The van der Waals surface area contributed by atoms with Crippen molar-refractivity contribution in [2.45, 2.75) is 70.1 Å². The van der Waals surface area contributed by atoms with Gasteiger partial charge in [-0.25, -0.2) is 0 Å². The van der Waals surface area contributed by atoms with Gasteiger partial charge in [-0.2, -0.15) is 44.3 Å². The van der Waals surface area contributed by atoms with E-state index in [0.29, 0.717) is 55.2 Å². The van der Waals surface area contributed by atoms with Crippen LogP contribution in [-0.2, 0) is 32.1 Å². The maximum Gasteiger partial charge on any atom is 0.416 e. The molecule has 234 valence electrons. The SMILES string of the molecule is Cc1cc2c(cc1C(F)(F)F)N(CC1CCC1)CCC[C@@H]2N(Cc1cc(C(F)(F)F)cc(C(F)(F)F)c1)c1nnn(C)n1. The van der Waals surface area contributed by atoms with E-state index in [4.69, 9.17) is 0 Å². The van der Waals surface area contributed by atoms with Crippen molar-refractivity contribution >= 4 is 11.6 Å². The van der Waals surface area contributed by atoms with Gasteiger partial charge in [0.25, 0.3) is 5.95 Å². The number of tetrazole rings is 1. The predicted molar refractivity (Wildman–Crippen MR) is 139 cm³/mol. The highest BCUT2D eigenvalue weighted by Gasteiger charge is 2.40. The van der Waals surface area contributed by atoms with Gasteiger partial charge in [0.05, 0.1) is 29.8 Å². The van der Waals surface area contributed by atoms with Gasteiger partial charge in [0.1, 0.15) is 0 Å². The van der Waals surface area contributed by atoms with E-state index < -0.39 is 47.8 Å². The van der Waals surface area contributed by atoms with Crippen LogP contribution < -0.4 is 9.80 Å². The average molecular weight is 621 g/mol. The van der Waals surface area contributed by atoms with Crippen LogP contribution in [0.15, 0.2) is 30.3 Å². The quantitative estimate of drug-likeness (QED) is 0.264. The fraction of sp³-hybridized carbons (Fsp3) is 0.536. The molecule has 0 spiro atoms. The van der Waals surface area contributed by atoms with Crippen molar-refractivity contribution in [2.75, 3.05) is 22.9 Å². The van der Waals surface area contributed by atoms with Crippen LogP contribution in [0.5, 0.6) is 0 Å². The summed E-state index contributed by atoms with van der Waals surface area (Å²) in [4.78, 5) is 4.44. The number of benzene rings is 2. The zero-order chi connectivity index (χ0) is 31.3. The Morgan fingerprint density at radius 1 is 0.837 bits per heavy atom. The van der Waals surface area contributed by atoms with Crippen LogP contribution in [0.25, 0.3) is 0 Å². The second-order valence-corrected chi connectivity index (χ2v) is 11.2. The third-order valence-corrected chi connectivity index (χ3v) is 8.12. The molecule has 2 aliphatic rings. The van der Waals surface area contributed by atoms with Crippen LogP contribution in [0.1, 0.15) is 71.5 Å². The molecule has 1 aliphatic heterocycles. The lowest BCUT2D eigenvalue weighted by Crippen LogP contribution is -2.34. The topological polar surface area (TPSA) is 50.1 Å². The lowest BCUT2D eigenvalue weighted by Gasteiger charge is -2.36. The van der Waals surface area contributed by atoms with Gasteiger partial charge in [-0.15, -0.1) is 5.10 Å². The van der Waals surface area contributed by atoms with Gasteiger partial charge in [-0.1, -0.05) is 17.6 Å². The van der Waals surface area contributed by atoms with Crippen molar-refractivity contribution in [1.82, 2.24) is 20.2 Å². The summed E-state index contributed by atoms with van der Waals surface area (Å²) in [6.45, 7) is 1.83. The minimum Gasteiger partial charge on any atom is -0.371 e. The number of hydrogen-bond donors (Lipinski definition) is 0. The summed E-state index contributed by atoms with van der Waals surface area (Å²) in [5, 5.41) is 12.0. The normalized spacial score (nSPS) is 18.3. The van der Waals surface area contributed by atoms with E-state index in [2.05, 4.69) is 15.4 Å². The van der Waals surface area contributed by atoms with Crippen molar-refractivity contribution < 1.29 is 39.5 Å². The molecule has 5 rings (SSSR count). The number of aromatic nitrogens is 4. The molecular weight excluding hydrogens is 591 g/mol. The van der Waals surface area contributed by atoms with Gasteiger partial charge in [-0.3, -0.25) is 0 Å². The molecule has 43 heavy (non-hydrogen) atoms. The van der Waals surface area contributed by atoms with Crippen molar-refractivity contribution in [1.29, 1.82) is 0 Å². The molecule has 1 aromatic heterocycles. The molecule has 0 unspecified atom stereocenters. The largest absolute Gasteiger partial charge is 0.416 e. The number of rotatable bonds is 6. The molecule has 0 saturated heterocycles. The van der Waals surface area contributed by atoms with Gasteiger partial charge in [-0.05, 0) is 84.7 Å². The van der Waals surface area contributed by atoms with Crippen LogP contribution in [0.3, 0.4) is 0 Å². The Kier molecular flexibility index (Phi) is 8.05. The van der Waals surface area contributed by atoms with Crippen molar-refractivity contribution in [3.8, 4) is 0 Å². The number of nitrogens with zero attached hydrogens (tertiary/aromatic N) is 6. The molecule has 3 aromatic rings. The van der Waals surface area contributed by atoms with E-state index in [9.17, 15) is 39.5 Å². The average Bonchev–Trinajstić information content (AvgIpc) is 3.22. The first-order valence-corrected chi connectivity index (χ1v) is 13.8. The van der Waals surface area contributed by atoms with Crippen molar-refractivity contribution in [3.05, 3.63) is 63.7 Å². The zero-order valence-electron chi connectivity index (χ0n) is 23.3. The minimum atomic E-state index is -5.05.